The van der Waals surface area contributed by atoms with Gasteiger partial charge in [0.15, 0.2) is 11.6 Å². The number of ketones is 2. The van der Waals surface area contributed by atoms with E-state index in [4.69, 9.17) is 18.8 Å². The van der Waals surface area contributed by atoms with Crippen molar-refractivity contribution in [3.05, 3.63) is 191 Å². The van der Waals surface area contributed by atoms with Gasteiger partial charge in [-0.25, -0.2) is 9.13 Å². The van der Waals surface area contributed by atoms with Gasteiger partial charge in [-0.15, -0.1) is 0 Å². The van der Waals surface area contributed by atoms with Crippen LogP contribution in [0.3, 0.4) is 0 Å². The summed E-state index contributed by atoms with van der Waals surface area (Å²) in [5.74, 6) is -0.506. The quantitative estimate of drug-likeness (QED) is 0.113. The molecule has 0 saturated heterocycles. The number of aromatic nitrogens is 4. The molecule has 70 heavy (non-hydrogen) atoms. The van der Waals surface area contributed by atoms with Crippen LogP contribution in [0, 0.1) is 0 Å². The van der Waals surface area contributed by atoms with Crippen LogP contribution in [0.5, 0.6) is 0 Å². The van der Waals surface area contributed by atoms with E-state index in [1.807, 2.05) is 121 Å². The number of anilines is 4. The Morgan fingerprint density at radius 2 is 0.986 bits per heavy atom. The van der Waals surface area contributed by atoms with Gasteiger partial charge in [0, 0.05) is 95.1 Å². The summed E-state index contributed by atoms with van der Waals surface area (Å²) in [6, 6.07) is 33.5. The van der Waals surface area contributed by atoms with Crippen LogP contribution in [-0.4, -0.2) is 47.4 Å². The standard InChI is InChI=1S/C56H44N8O6/c1-61-31-25-35(37-13-3-5-19-43(37)61)33-49-59-55-45(69-49)21-9-27-63(55)29-11-23-47(65)57-41-17-7-15-39-51(41)53(67)40-16-8-18-42(52(40)54(39)68)58-48(66)24-12-30-64-28-10-22-46-56(64)60-50(70-46)34-36-26-32-62(2)44-20-6-4-14-38(36)44/h3-10,13-22,25-28,31-34H,11-12,23-24,29-30H2,1-2H3/p+2. The van der Waals surface area contributed by atoms with E-state index in [2.05, 4.69) is 44.7 Å². The third kappa shape index (κ3) is 8.25. The summed E-state index contributed by atoms with van der Waals surface area (Å²) in [5, 5.41) is 5.79. The molecule has 0 saturated carbocycles. The van der Waals surface area contributed by atoms with Gasteiger partial charge in [0.1, 0.15) is 0 Å². The molecule has 4 aromatic heterocycles. The molecule has 0 bridgehead atoms. The second kappa shape index (κ2) is 18.2. The SMILES string of the molecule is CN1C=C/C(=C\c2nc3c(ccc[n+]3CCCC(=O)Nc3cccc4c3C(=O)c3cccc(NC(=O)CCC[n+]5cccc6oc(/C=C7\C=CN(C)c8ccccc87)nc65)c3C4=O)o2)c2ccccc21. The summed E-state index contributed by atoms with van der Waals surface area (Å²) >= 11 is 0. The smallest absolute Gasteiger partial charge is 0.370 e. The van der Waals surface area contributed by atoms with Crippen molar-refractivity contribution in [1.82, 2.24) is 9.97 Å². The van der Waals surface area contributed by atoms with Crippen LogP contribution < -0.4 is 29.6 Å². The van der Waals surface area contributed by atoms with Crippen molar-refractivity contribution < 1.29 is 37.1 Å². The number of allylic oxidation sites excluding steroid dienone is 4. The fourth-order valence-corrected chi connectivity index (χ4v) is 9.39. The van der Waals surface area contributed by atoms with Gasteiger partial charge in [-0.1, -0.05) is 60.7 Å². The summed E-state index contributed by atoms with van der Waals surface area (Å²) in [7, 11) is 4.02. The molecule has 3 aliphatic rings. The summed E-state index contributed by atoms with van der Waals surface area (Å²) in [6.45, 7) is 0.964. The van der Waals surface area contributed by atoms with E-state index in [0.717, 1.165) is 33.6 Å². The minimum absolute atomic E-state index is 0.119. The Labute approximate surface area is 402 Å². The minimum atomic E-state index is -0.418. The lowest BCUT2D eigenvalue weighted by Crippen LogP contribution is -2.35. The predicted octanol–water partition coefficient (Wildman–Crippen LogP) is 9.17. The number of rotatable bonds is 12. The highest BCUT2D eigenvalue weighted by molar-refractivity contribution is 6.32. The van der Waals surface area contributed by atoms with E-state index in [1.54, 1.807) is 36.4 Å². The lowest BCUT2D eigenvalue weighted by molar-refractivity contribution is -0.673. The highest BCUT2D eigenvalue weighted by Gasteiger charge is 2.34. The molecule has 0 spiro atoms. The van der Waals surface area contributed by atoms with Gasteiger partial charge >= 0.3 is 23.1 Å². The predicted molar refractivity (Wildman–Crippen MR) is 268 cm³/mol. The van der Waals surface area contributed by atoms with Crippen molar-refractivity contribution >= 4 is 91.9 Å². The zero-order valence-electron chi connectivity index (χ0n) is 38.4. The van der Waals surface area contributed by atoms with Crippen molar-refractivity contribution in [3.8, 4) is 0 Å². The third-order valence-electron chi connectivity index (χ3n) is 12.8. The molecular formula is C56H46N8O6+2. The number of carbonyl (C=O) groups is 4. The molecule has 1 aliphatic carbocycles. The molecule has 8 aromatic rings. The Morgan fingerprint density at radius 1 is 0.557 bits per heavy atom. The molecule has 6 heterocycles. The highest BCUT2D eigenvalue weighted by atomic mass is 16.4. The molecule has 2 amide bonds. The first-order valence-corrected chi connectivity index (χ1v) is 23.1. The molecule has 11 rings (SSSR count). The maximum Gasteiger partial charge on any atom is 0.370 e. The topological polar surface area (TPSA) is 159 Å². The zero-order valence-corrected chi connectivity index (χ0v) is 38.4. The average Bonchev–Trinajstić information content (AvgIpc) is 3.99. The van der Waals surface area contributed by atoms with Crippen LogP contribution in [0.4, 0.5) is 22.7 Å². The van der Waals surface area contributed by atoms with Crippen LogP contribution in [0.2, 0.25) is 0 Å². The normalized spacial score (nSPS) is 14.8. The molecule has 0 atom stereocenters. The molecule has 344 valence electrons. The highest BCUT2D eigenvalue weighted by Crippen LogP contribution is 2.37. The number of nitrogens with zero attached hydrogens (tertiary/aromatic N) is 6. The van der Waals surface area contributed by atoms with Crippen molar-refractivity contribution in [2.24, 2.45) is 0 Å². The van der Waals surface area contributed by atoms with Crippen LogP contribution >= 0.6 is 0 Å². The van der Waals surface area contributed by atoms with E-state index >= 15 is 0 Å². The zero-order chi connectivity index (χ0) is 47.9. The second-order valence-corrected chi connectivity index (χ2v) is 17.4. The molecular weight excluding hydrogens is 881 g/mol. The molecule has 0 radical (unpaired) electrons. The fraction of sp³-hybridized carbons (Fsp3) is 0.143. The van der Waals surface area contributed by atoms with E-state index < -0.39 is 11.6 Å². The van der Waals surface area contributed by atoms with Gasteiger partial charge in [0.05, 0.1) is 48.0 Å². The van der Waals surface area contributed by atoms with Crippen LogP contribution in [0.15, 0.2) is 155 Å². The Hall–Kier alpha value is -9.04. The number of amides is 2. The van der Waals surface area contributed by atoms with Crippen molar-refractivity contribution in [2.75, 3.05) is 34.5 Å². The van der Waals surface area contributed by atoms with Gasteiger partial charge in [-0.3, -0.25) is 19.2 Å². The summed E-state index contributed by atoms with van der Waals surface area (Å²) in [6.07, 6.45) is 16.9. The number of oxazole rings is 2. The van der Waals surface area contributed by atoms with Crippen molar-refractivity contribution in [1.29, 1.82) is 0 Å². The molecule has 14 nitrogen and oxygen atoms in total. The summed E-state index contributed by atoms with van der Waals surface area (Å²) in [5.41, 5.74) is 9.91. The molecule has 2 N–H and O–H groups in total. The average molecular weight is 927 g/mol. The summed E-state index contributed by atoms with van der Waals surface area (Å²) < 4.78 is 16.2. The number of pyridine rings is 2. The number of carbonyl (C=O) groups excluding carboxylic acids is 4. The lowest BCUT2D eigenvalue weighted by Gasteiger charge is -2.23. The maximum absolute atomic E-state index is 14.2. The van der Waals surface area contributed by atoms with E-state index in [1.165, 1.54) is 0 Å². The van der Waals surface area contributed by atoms with E-state index in [9.17, 15) is 19.2 Å². The first-order chi connectivity index (χ1) is 34.2. The molecule has 0 fully saturated rings. The Bertz CT molecular complexity index is 3360. The van der Waals surface area contributed by atoms with Crippen LogP contribution in [0.1, 0.15) is 80.4 Å². The number of para-hydroxylation sites is 2. The van der Waals surface area contributed by atoms with Crippen molar-refractivity contribution in [2.45, 2.75) is 38.8 Å². The summed E-state index contributed by atoms with van der Waals surface area (Å²) in [4.78, 5) is 68.9. The van der Waals surface area contributed by atoms with Gasteiger partial charge in [0.2, 0.25) is 23.0 Å². The second-order valence-electron chi connectivity index (χ2n) is 17.4. The number of aryl methyl sites for hydroxylation is 2. The Morgan fingerprint density at radius 3 is 1.44 bits per heavy atom. The van der Waals surface area contributed by atoms with Gasteiger partial charge in [0.25, 0.3) is 0 Å². The third-order valence-corrected chi connectivity index (χ3v) is 12.8. The Balaban J connectivity index is 0.723. The number of benzene rings is 4. The van der Waals surface area contributed by atoms with Gasteiger partial charge in [-0.05, 0) is 84.7 Å². The fourth-order valence-electron chi connectivity index (χ4n) is 9.39. The van der Waals surface area contributed by atoms with Crippen LogP contribution in [0.25, 0.3) is 45.8 Å². The number of hydrogen-bond donors (Lipinski definition) is 2. The first kappa shape index (κ1) is 43.5. The number of fused-ring (bicyclic) bond motifs is 6. The first-order valence-electron chi connectivity index (χ1n) is 23.1. The number of nitrogens with one attached hydrogen (secondary N) is 2. The largest absolute Gasteiger partial charge is 0.411 e. The van der Waals surface area contributed by atoms with E-state index in [-0.39, 0.29) is 58.3 Å². The molecule has 4 aromatic carbocycles. The lowest BCUT2D eigenvalue weighted by atomic mass is 9.82. The van der Waals surface area contributed by atoms with Crippen molar-refractivity contribution in [3.63, 3.8) is 0 Å². The minimum Gasteiger partial charge on any atom is -0.411 e. The molecule has 14 heteroatoms. The van der Waals surface area contributed by atoms with Gasteiger partial charge in [-0.2, -0.15) is 0 Å². The van der Waals surface area contributed by atoms with E-state index in [0.29, 0.717) is 60.2 Å². The molecule has 2 aliphatic heterocycles. The van der Waals surface area contributed by atoms with Crippen LogP contribution in [-0.2, 0) is 22.7 Å². The maximum atomic E-state index is 14.2. The molecule has 0 unspecified atom stereocenters. The monoisotopic (exact) mass is 926 g/mol. The number of hydrogen-bond acceptors (Lipinski definition) is 10. The van der Waals surface area contributed by atoms with Gasteiger partial charge < -0.3 is 29.3 Å². The Kier molecular flexibility index (Phi) is 11.3.